The Kier molecular flexibility index (Phi) is 8.74. The molecule has 5 rings (SSSR count). The van der Waals surface area contributed by atoms with Crippen LogP contribution in [0.2, 0.25) is 0 Å². The standard InChI is InChI=1S/C34H47FN6O4/c1-22-30(43)36-12-13-38(22)17-26-18-41(31(44)45)34(7,32(2,3)4)21-39(26)19-28(42)40-20-33(5,6)29-27(40)15-24(16-37-29)14-23-8-10-25(35)11-9-23/h8-11,15-16,22,26H,12-14,17-21H2,1-7H3,(H,36,43)(H,44,45)/t22-,26+,34+/m1/s1. The monoisotopic (exact) mass is 622 g/mol. The van der Waals surface area contributed by atoms with Crippen LogP contribution in [0, 0.1) is 11.2 Å². The number of carboxylic acid groups (broad SMARTS) is 1. The summed E-state index contributed by atoms with van der Waals surface area (Å²) in [7, 11) is 0. The molecule has 11 heteroatoms. The lowest BCUT2D eigenvalue weighted by Gasteiger charge is -2.57. The molecule has 2 N–H and O–H groups in total. The first-order valence-corrected chi connectivity index (χ1v) is 15.8. The first-order valence-electron chi connectivity index (χ1n) is 15.8. The highest BCUT2D eigenvalue weighted by Gasteiger charge is 2.52. The Morgan fingerprint density at radius 3 is 2.42 bits per heavy atom. The van der Waals surface area contributed by atoms with Crippen molar-refractivity contribution >= 4 is 23.6 Å². The highest BCUT2D eigenvalue weighted by atomic mass is 19.1. The summed E-state index contributed by atoms with van der Waals surface area (Å²) in [5.74, 6) is -0.404. The molecule has 2 fully saturated rings. The number of piperazine rings is 2. The quantitative estimate of drug-likeness (QED) is 0.506. The van der Waals surface area contributed by atoms with Gasteiger partial charge in [-0.2, -0.15) is 0 Å². The SMILES string of the molecule is C[C@@H]1C(=O)NCCN1C[C@H]1CN(C(=O)O)[C@](C)(C(C)(C)C)CN1CC(=O)N1CC(C)(C)c2ncc(Cc3ccc(F)cc3)cc21. The molecule has 45 heavy (non-hydrogen) atoms. The molecule has 0 saturated carbocycles. The number of aromatic nitrogens is 1. The molecule has 3 aliphatic heterocycles. The normalized spacial score (nSPS) is 25.6. The topological polar surface area (TPSA) is 109 Å². The number of anilines is 1. The minimum atomic E-state index is -0.984. The van der Waals surface area contributed by atoms with E-state index in [2.05, 4.69) is 29.0 Å². The third-order valence-electron chi connectivity index (χ3n) is 10.3. The van der Waals surface area contributed by atoms with Gasteiger partial charge in [0.25, 0.3) is 0 Å². The van der Waals surface area contributed by atoms with Crippen LogP contribution < -0.4 is 10.2 Å². The van der Waals surface area contributed by atoms with Crippen LogP contribution in [0.1, 0.15) is 65.3 Å². The van der Waals surface area contributed by atoms with Crippen LogP contribution in [0.15, 0.2) is 36.5 Å². The van der Waals surface area contributed by atoms with Crippen LogP contribution in [0.5, 0.6) is 0 Å². The van der Waals surface area contributed by atoms with Gasteiger partial charge in [-0.25, -0.2) is 9.18 Å². The maximum absolute atomic E-state index is 14.3. The Bertz CT molecular complexity index is 1460. The number of benzene rings is 1. The lowest BCUT2D eigenvalue weighted by molar-refractivity contribution is -0.131. The molecule has 0 radical (unpaired) electrons. The van der Waals surface area contributed by atoms with E-state index < -0.39 is 17.0 Å². The maximum Gasteiger partial charge on any atom is 0.407 e. The molecule has 4 heterocycles. The van der Waals surface area contributed by atoms with Crippen molar-refractivity contribution in [1.29, 1.82) is 0 Å². The first kappa shape index (κ1) is 32.8. The largest absolute Gasteiger partial charge is 0.465 e. The van der Waals surface area contributed by atoms with Gasteiger partial charge < -0.3 is 15.3 Å². The van der Waals surface area contributed by atoms with E-state index in [4.69, 9.17) is 4.98 Å². The van der Waals surface area contributed by atoms with Crippen LogP contribution in [-0.4, -0.2) is 106 Å². The summed E-state index contributed by atoms with van der Waals surface area (Å²) in [6, 6.07) is 7.78. The number of rotatable bonds is 6. The van der Waals surface area contributed by atoms with Gasteiger partial charge in [-0.1, -0.05) is 46.8 Å². The van der Waals surface area contributed by atoms with Gasteiger partial charge >= 0.3 is 6.09 Å². The Hall–Kier alpha value is -3.57. The van der Waals surface area contributed by atoms with E-state index in [1.165, 1.54) is 17.0 Å². The number of hydrogen-bond donors (Lipinski definition) is 2. The molecule has 3 atom stereocenters. The van der Waals surface area contributed by atoms with Crippen LogP contribution in [-0.2, 0) is 21.4 Å². The Labute approximate surface area is 265 Å². The van der Waals surface area contributed by atoms with Crippen LogP contribution in [0.4, 0.5) is 14.9 Å². The number of nitrogens with one attached hydrogen (secondary N) is 1. The number of amides is 3. The van der Waals surface area contributed by atoms with E-state index in [1.807, 2.05) is 51.8 Å². The molecule has 0 bridgehead atoms. The zero-order chi connectivity index (χ0) is 32.9. The van der Waals surface area contributed by atoms with E-state index in [0.29, 0.717) is 39.1 Å². The summed E-state index contributed by atoms with van der Waals surface area (Å²) >= 11 is 0. The Morgan fingerprint density at radius 2 is 1.78 bits per heavy atom. The fourth-order valence-corrected chi connectivity index (χ4v) is 6.97. The van der Waals surface area contributed by atoms with E-state index in [-0.39, 0.29) is 48.2 Å². The zero-order valence-corrected chi connectivity index (χ0v) is 27.6. The van der Waals surface area contributed by atoms with Gasteiger partial charge in [-0.05, 0) is 55.0 Å². The number of carbonyl (C=O) groups is 3. The molecule has 2 aromatic rings. The molecular weight excluding hydrogens is 575 g/mol. The van der Waals surface area contributed by atoms with Crippen LogP contribution in [0.25, 0.3) is 0 Å². The van der Waals surface area contributed by atoms with E-state index >= 15 is 0 Å². The lowest BCUT2D eigenvalue weighted by Crippen LogP contribution is -2.72. The summed E-state index contributed by atoms with van der Waals surface area (Å²) in [6.07, 6.45) is 1.42. The number of fused-ring (bicyclic) bond motifs is 1. The summed E-state index contributed by atoms with van der Waals surface area (Å²) in [5.41, 5.74) is 2.02. The Morgan fingerprint density at radius 1 is 1.09 bits per heavy atom. The van der Waals surface area contributed by atoms with Crippen molar-refractivity contribution < 1.29 is 23.9 Å². The molecule has 0 unspecified atom stereocenters. The smallest absolute Gasteiger partial charge is 0.407 e. The van der Waals surface area contributed by atoms with E-state index in [1.54, 1.807) is 12.1 Å². The molecule has 0 spiro atoms. The van der Waals surface area contributed by atoms with Gasteiger partial charge in [0.2, 0.25) is 11.8 Å². The van der Waals surface area contributed by atoms with Gasteiger partial charge in [-0.3, -0.25) is 29.3 Å². The molecule has 3 aliphatic rings. The fourth-order valence-electron chi connectivity index (χ4n) is 6.97. The van der Waals surface area contributed by atoms with Gasteiger partial charge in [-0.15, -0.1) is 0 Å². The summed E-state index contributed by atoms with van der Waals surface area (Å²) < 4.78 is 13.5. The number of nitrogens with zero attached hydrogens (tertiary/aromatic N) is 5. The van der Waals surface area contributed by atoms with Crippen molar-refractivity contribution in [3.8, 4) is 0 Å². The molecule has 1 aromatic carbocycles. The van der Waals surface area contributed by atoms with Gasteiger partial charge in [0.1, 0.15) is 5.82 Å². The second-order valence-electron chi connectivity index (χ2n) is 14.8. The van der Waals surface area contributed by atoms with Crippen molar-refractivity contribution in [3.63, 3.8) is 0 Å². The predicted octanol–water partition coefficient (Wildman–Crippen LogP) is 3.73. The van der Waals surface area contributed by atoms with Crippen LogP contribution >= 0.6 is 0 Å². The molecule has 1 aromatic heterocycles. The molecule has 0 aliphatic carbocycles. The molecule has 3 amide bonds. The highest BCUT2D eigenvalue weighted by molar-refractivity contribution is 5.97. The minimum absolute atomic E-state index is 0.0471. The fraction of sp³-hybridized carbons (Fsp3) is 0.588. The lowest BCUT2D eigenvalue weighted by atomic mass is 9.71. The summed E-state index contributed by atoms with van der Waals surface area (Å²) in [5, 5.41) is 13.2. The molecule has 10 nitrogen and oxygen atoms in total. The number of pyridine rings is 1. The average molecular weight is 623 g/mol. The number of halogens is 1. The van der Waals surface area contributed by atoms with Gasteiger partial charge in [0.05, 0.1) is 29.5 Å². The van der Waals surface area contributed by atoms with Gasteiger partial charge in [0, 0.05) is 56.9 Å². The highest BCUT2D eigenvalue weighted by Crippen LogP contribution is 2.42. The second-order valence-corrected chi connectivity index (χ2v) is 14.8. The van der Waals surface area contributed by atoms with Crippen molar-refractivity contribution in [1.82, 2.24) is 25.0 Å². The van der Waals surface area contributed by atoms with Crippen LogP contribution in [0.3, 0.4) is 0 Å². The molecular formula is C34H47FN6O4. The predicted molar refractivity (Wildman–Crippen MR) is 171 cm³/mol. The summed E-state index contributed by atoms with van der Waals surface area (Å²) in [4.78, 5) is 51.8. The van der Waals surface area contributed by atoms with E-state index in [0.717, 1.165) is 22.5 Å². The first-order chi connectivity index (χ1) is 21.0. The summed E-state index contributed by atoms with van der Waals surface area (Å²) in [6.45, 7) is 16.9. The van der Waals surface area contributed by atoms with Crippen molar-refractivity contribution in [2.24, 2.45) is 5.41 Å². The van der Waals surface area contributed by atoms with Crippen molar-refractivity contribution in [2.45, 2.75) is 77.9 Å². The third kappa shape index (κ3) is 6.42. The zero-order valence-electron chi connectivity index (χ0n) is 27.6. The number of carbonyl (C=O) groups excluding carboxylic acids is 2. The van der Waals surface area contributed by atoms with E-state index in [9.17, 15) is 23.9 Å². The average Bonchev–Trinajstić information content (AvgIpc) is 3.23. The molecule has 244 valence electrons. The second kappa shape index (κ2) is 12.0. The molecule has 2 saturated heterocycles. The number of hydrogen-bond acceptors (Lipinski definition) is 6. The minimum Gasteiger partial charge on any atom is -0.465 e. The maximum atomic E-state index is 14.3. The Balaban J connectivity index is 1.44. The van der Waals surface area contributed by atoms with Crippen molar-refractivity contribution in [3.05, 3.63) is 59.2 Å². The van der Waals surface area contributed by atoms with Crippen molar-refractivity contribution in [2.75, 3.05) is 50.7 Å². The van der Waals surface area contributed by atoms with Gasteiger partial charge in [0.15, 0.2) is 0 Å². The third-order valence-corrected chi connectivity index (χ3v) is 10.3.